The topological polar surface area (TPSA) is 128 Å². The van der Waals surface area contributed by atoms with Gasteiger partial charge in [-0.2, -0.15) is 0 Å². The van der Waals surface area contributed by atoms with Crippen LogP contribution in [0.15, 0.2) is 48.5 Å². The average molecular weight is 473 g/mol. The molecule has 0 aliphatic carbocycles. The molecule has 0 saturated carbocycles. The highest BCUT2D eigenvalue weighted by molar-refractivity contribution is 5.74. The van der Waals surface area contributed by atoms with E-state index in [0.29, 0.717) is 5.56 Å². The van der Waals surface area contributed by atoms with Gasteiger partial charge in [0.05, 0.1) is 10.3 Å². The van der Waals surface area contributed by atoms with E-state index in [-0.39, 0.29) is 30.9 Å². The van der Waals surface area contributed by atoms with Gasteiger partial charge >= 0.3 is 17.7 Å². The molecule has 0 fully saturated rings. The van der Waals surface area contributed by atoms with Crippen LogP contribution in [0.25, 0.3) is 0 Å². The molecule has 184 valence electrons. The molecule has 2 rings (SSSR count). The molecule has 2 N–H and O–H groups in total. The van der Waals surface area contributed by atoms with Crippen molar-refractivity contribution >= 4 is 17.7 Å². The van der Waals surface area contributed by atoms with Gasteiger partial charge in [-0.25, -0.2) is 4.79 Å². The predicted molar refractivity (Wildman–Crippen MR) is 127 cm³/mol. The highest BCUT2D eigenvalue weighted by Gasteiger charge is 2.32. The van der Waals surface area contributed by atoms with Crippen LogP contribution in [0.4, 0.5) is 10.5 Å². The zero-order chi connectivity index (χ0) is 25.5. The highest BCUT2D eigenvalue weighted by Crippen LogP contribution is 2.31. The van der Waals surface area contributed by atoms with Crippen molar-refractivity contribution in [2.45, 2.75) is 65.7 Å². The summed E-state index contributed by atoms with van der Waals surface area (Å²) in [5, 5.41) is 23.8. The number of ether oxygens (including phenoxy) is 2. The van der Waals surface area contributed by atoms with Crippen LogP contribution < -0.4 is 10.1 Å². The number of hydrogen-bond donors (Lipinski definition) is 2. The second-order valence-electron chi connectivity index (χ2n) is 9.77. The van der Waals surface area contributed by atoms with Crippen molar-refractivity contribution in [1.29, 1.82) is 0 Å². The van der Waals surface area contributed by atoms with Crippen LogP contribution in [-0.4, -0.2) is 33.7 Å². The first-order valence-electron chi connectivity index (χ1n) is 10.9. The largest absolute Gasteiger partial charge is 0.482 e. The number of carboxylic acids is 1. The summed E-state index contributed by atoms with van der Waals surface area (Å²) in [7, 11) is 0. The van der Waals surface area contributed by atoms with E-state index in [2.05, 4.69) is 5.32 Å². The third-order valence-corrected chi connectivity index (χ3v) is 5.00. The van der Waals surface area contributed by atoms with Crippen molar-refractivity contribution in [3.8, 4) is 5.75 Å². The molecule has 0 spiro atoms. The summed E-state index contributed by atoms with van der Waals surface area (Å²) in [5.74, 6) is -0.904. The maximum absolute atomic E-state index is 12.4. The first-order valence-corrected chi connectivity index (χ1v) is 10.9. The van der Waals surface area contributed by atoms with Gasteiger partial charge < -0.3 is 19.9 Å². The summed E-state index contributed by atoms with van der Waals surface area (Å²) in [5.41, 5.74) is -0.511. The van der Waals surface area contributed by atoms with E-state index < -0.39 is 34.0 Å². The average Bonchev–Trinajstić information content (AvgIpc) is 2.71. The fourth-order valence-corrected chi connectivity index (χ4v) is 3.32. The second kappa shape index (κ2) is 11.0. The summed E-state index contributed by atoms with van der Waals surface area (Å²) < 4.78 is 11.1. The van der Waals surface area contributed by atoms with E-state index in [0.717, 1.165) is 5.56 Å². The van der Waals surface area contributed by atoms with E-state index in [9.17, 15) is 24.8 Å². The van der Waals surface area contributed by atoms with Crippen molar-refractivity contribution in [3.63, 3.8) is 0 Å². The number of nitrogens with zero attached hydrogens (tertiary/aromatic N) is 1. The third-order valence-electron chi connectivity index (χ3n) is 5.00. The maximum Gasteiger partial charge on any atom is 0.407 e. The minimum Gasteiger partial charge on any atom is -0.482 e. The van der Waals surface area contributed by atoms with E-state index in [4.69, 9.17) is 9.47 Å². The van der Waals surface area contributed by atoms with Gasteiger partial charge in [0, 0.05) is 12.1 Å². The van der Waals surface area contributed by atoms with E-state index >= 15 is 0 Å². The minimum atomic E-state index is -1.12. The summed E-state index contributed by atoms with van der Waals surface area (Å²) in [6.07, 6.45) is -0.310. The van der Waals surface area contributed by atoms with Crippen LogP contribution in [0.3, 0.4) is 0 Å². The van der Waals surface area contributed by atoms with Crippen LogP contribution in [0.1, 0.15) is 52.2 Å². The molecule has 1 atom stereocenters. The molecular weight excluding hydrogens is 440 g/mol. The fraction of sp³-hybridized carbons (Fsp3) is 0.440. The van der Waals surface area contributed by atoms with Crippen molar-refractivity contribution < 1.29 is 29.1 Å². The zero-order valence-corrected chi connectivity index (χ0v) is 20.2. The van der Waals surface area contributed by atoms with Crippen LogP contribution in [0.2, 0.25) is 0 Å². The molecule has 9 nitrogen and oxygen atoms in total. The Morgan fingerprint density at radius 1 is 1.06 bits per heavy atom. The summed E-state index contributed by atoms with van der Waals surface area (Å²) in [6, 6.07) is 13.1. The number of rotatable bonds is 10. The Bertz CT molecular complexity index is 1010. The van der Waals surface area contributed by atoms with Gasteiger partial charge in [-0.15, -0.1) is 0 Å². The molecular formula is C25H32N2O7. The number of carbonyl (C=O) groups excluding carboxylic acids is 1. The van der Waals surface area contributed by atoms with Gasteiger partial charge in [-0.3, -0.25) is 14.9 Å². The van der Waals surface area contributed by atoms with E-state index in [1.807, 2.05) is 30.3 Å². The van der Waals surface area contributed by atoms with Gasteiger partial charge in [-0.1, -0.05) is 36.4 Å². The van der Waals surface area contributed by atoms with Gasteiger partial charge in [0.15, 0.2) is 5.75 Å². The van der Waals surface area contributed by atoms with Crippen molar-refractivity contribution in [2.75, 3.05) is 0 Å². The van der Waals surface area contributed by atoms with E-state index in [1.165, 1.54) is 6.07 Å². The fourth-order valence-electron chi connectivity index (χ4n) is 3.32. The van der Waals surface area contributed by atoms with Crippen molar-refractivity contribution in [3.05, 3.63) is 69.8 Å². The molecule has 2 aromatic carbocycles. The summed E-state index contributed by atoms with van der Waals surface area (Å²) in [6.45, 7) is 8.49. The molecule has 0 heterocycles. The summed E-state index contributed by atoms with van der Waals surface area (Å²) >= 11 is 0. The molecule has 0 aliphatic heterocycles. The number of nitro benzene ring substituents is 1. The van der Waals surface area contributed by atoms with Crippen LogP contribution >= 0.6 is 0 Å². The Morgan fingerprint density at radius 2 is 1.71 bits per heavy atom. The first kappa shape index (κ1) is 26.6. The first-order chi connectivity index (χ1) is 15.8. The van der Waals surface area contributed by atoms with Gasteiger partial charge in [0.25, 0.3) is 0 Å². The lowest BCUT2D eigenvalue weighted by Gasteiger charge is -2.28. The lowest BCUT2D eigenvalue weighted by atomic mass is 9.84. The Hall–Kier alpha value is -3.62. The number of carbonyl (C=O) groups is 2. The van der Waals surface area contributed by atoms with Crippen LogP contribution in [-0.2, 0) is 22.6 Å². The molecule has 34 heavy (non-hydrogen) atoms. The summed E-state index contributed by atoms with van der Waals surface area (Å²) in [4.78, 5) is 35.0. The number of amides is 1. The lowest BCUT2D eigenvalue weighted by molar-refractivity contribution is -0.386. The molecule has 0 saturated heterocycles. The highest BCUT2D eigenvalue weighted by atomic mass is 16.6. The molecule has 1 amide bonds. The Balaban J connectivity index is 2.27. The number of hydrogen-bond acceptors (Lipinski definition) is 6. The van der Waals surface area contributed by atoms with Crippen LogP contribution in [0.5, 0.6) is 5.75 Å². The standard InChI is InChI=1S/C25H32N2O7/c1-24(2,3)34-23(30)26-19(15-25(4,5)22(28)29)13-18-11-12-20(27(31)32)21(14-18)33-16-17-9-7-6-8-10-17/h6-12,14,19H,13,15-16H2,1-5H3,(H,26,30)(H,28,29). The molecule has 2 aromatic rings. The second-order valence-corrected chi connectivity index (χ2v) is 9.77. The quantitative estimate of drug-likeness (QED) is 0.363. The Labute approximate surface area is 199 Å². The number of benzene rings is 2. The number of nitro groups is 1. The number of nitrogens with one attached hydrogen (secondary N) is 1. The van der Waals surface area contributed by atoms with Gasteiger partial charge in [0.2, 0.25) is 0 Å². The SMILES string of the molecule is CC(C)(C)OC(=O)NC(Cc1ccc([N+](=O)[O-])c(OCc2ccccc2)c1)CC(C)(C)C(=O)O. The zero-order valence-electron chi connectivity index (χ0n) is 20.2. The third kappa shape index (κ3) is 8.38. The number of carboxylic acid groups (broad SMARTS) is 1. The predicted octanol–water partition coefficient (Wildman–Crippen LogP) is 5.11. The minimum absolute atomic E-state index is 0.0971. The molecule has 9 heteroatoms. The van der Waals surface area contributed by atoms with Crippen molar-refractivity contribution in [2.24, 2.45) is 5.41 Å². The Kier molecular flexibility index (Phi) is 8.62. The van der Waals surface area contributed by atoms with E-state index in [1.54, 1.807) is 46.8 Å². The maximum atomic E-state index is 12.4. The molecule has 0 aliphatic rings. The lowest BCUT2D eigenvalue weighted by Crippen LogP contribution is -2.43. The molecule has 0 radical (unpaired) electrons. The monoisotopic (exact) mass is 472 g/mol. The van der Waals surface area contributed by atoms with Gasteiger partial charge in [-0.05, 0) is 64.7 Å². The van der Waals surface area contributed by atoms with Crippen LogP contribution in [0, 0.1) is 15.5 Å². The molecule has 0 aromatic heterocycles. The smallest absolute Gasteiger partial charge is 0.407 e. The number of aliphatic carboxylic acids is 1. The molecule has 0 bridgehead atoms. The van der Waals surface area contributed by atoms with Gasteiger partial charge in [0.1, 0.15) is 12.2 Å². The number of alkyl carbamates (subject to hydrolysis) is 1. The molecule has 1 unspecified atom stereocenters. The Morgan fingerprint density at radius 3 is 2.26 bits per heavy atom. The normalized spacial score (nSPS) is 12.5. The van der Waals surface area contributed by atoms with Crippen molar-refractivity contribution in [1.82, 2.24) is 5.32 Å².